The number of H-pyrrole nitrogens is 1. The van der Waals surface area contributed by atoms with E-state index >= 15 is 0 Å². The van der Waals surface area contributed by atoms with Crippen molar-refractivity contribution in [3.8, 4) is 0 Å². The summed E-state index contributed by atoms with van der Waals surface area (Å²) in [6.07, 6.45) is 0.965. The van der Waals surface area contributed by atoms with Crippen molar-refractivity contribution in [1.82, 2.24) is 42.2 Å². The Morgan fingerprint density at radius 3 is 1.96 bits per heavy atom. The summed E-state index contributed by atoms with van der Waals surface area (Å²) < 4.78 is 0. The molecule has 22 heteroatoms. The first kappa shape index (κ1) is 59.9. The topological polar surface area (TPSA) is 335 Å². The van der Waals surface area contributed by atoms with Crippen LogP contribution in [0, 0.1) is 0 Å². The van der Waals surface area contributed by atoms with Crippen molar-refractivity contribution in [3.05, 3.63) is 156 Å². The number of amides is 8. The normalized spacial score (nSPS) is 21.1. The maximum Gasteiger partial charge on any atom is 0.245 e. The molecule has 0 unspecified atom stereocenters. The molecule has 1 aromatic heterocycles. The average Bonchev–Trinajstić information content (AvgIpc) is 3.88. The summed E-state index contributed by atoms with van der Waals surface area (Å²) >= 11 is 0. The number of para-hydroxylation sites is 1. The van der Waals surface area contributed by atoms with E-state index in [4.69, 9.17) is 17.2 Å². The third-order valence-corrected chi connectivity index (χ3v) is 16.1. The highest BCUT2D eigenvalue weighted by molar-refractivity contribution is 8.76. The van der Waals surface area contributed by atoms with Gasteiger partial charge in [0.15, 0.2) is 0 Å². The van der Waals surface area contributed by atoms with Crippen molar-refractivity contribution < 1.29 is 43.5 Å². The van der Waals surface area contributed by atoms with Gasteiger partial charge in [0, 0.05) is 47.9 Å². The Bertz CT molecular complexity index is 3110. The Kier molecular flexibility index (Phi) is 22.0. The highest BCUT2D eigenvalue weighted by atomic mass is 33.1. The van der Waals surface area contributed by atoms with Crippen LogP contribution in [0.2, 0.25) is 0 Å². The van der Waals surface area contributed by atoms with Crippen LogP contribution in [0.3, 0.4) is 0 Å². The van der Waals surface area contributed by atoms with Gasteiger partial charge >= 0.3 is 0 Å². The van der Waals surface area contributed by atoms with Crippen molar-refractivity contribution >= 4 is 90.5 Å². The van der Waals surface area contributed by atoms with Crippen LogP contribution in [0.1, 0.15) is 48.4 Å². The maximum absolute atomic E-state index is 14.9. The fourth-order valence-electron chi connectivity index (χ4n) is 9.22. The molecule has 0 bridgehead atoms. The van der Waals surface area contributed by atoms with Crippen molar-refractivity contribution in [3.63, 3.8) is 0 Å². The van der Waals surface area contributed by atoms with Crippen LogP contribution in [-0.2, 0) is 64.0 Å². The molecule has 0 radical (unpaired) electrons. The quantitative estimate of drug-likeness (QED) is 0.0432. The number of hydrogen-bond donors (Lipinski definition) is 12. The minimum atomic E-state index is -1.69. The second-order valence-electron chi connectivity index (χ2n) is 19.8. The Balaban J connectivity index is 1.24. The number of aromatic amines is 1. The van der Waals surface area contributed by atoms with Gasteiger partial charge in [-0.3, -0.25) is 38.4 Å². The molecule has 1 saturated heterocycles. The van der Waals surface area contributed by atoms with Gasteiger partial charge < -0.3 is 64.5 Å². The molecule has 7 rings (SSSR count). The molecule has 1 fully saturated rings. The van der Waals surface area contributed by atoms with Crippen LogP contribution in [-0.4, -0.2) is 130 Å². The fraction of sp³-hybridized carbons (Fsp3) is 0.345. The van der Waals surface area contributed by atoms with Gasteiger partial charge in [-0.1, -0.05) is 143 Å². The minimum Gasteiger partial charge on any atom is -0.391 e. The van der Waals surface area contributed by atoms with Crippen LogP contribution < -0.4 is 54.4 Å². The zero-order valence-electron chi connectivity index (χ0n) is 44.2. The lowest BCUT2D eigenvalue weighted by Gasteiger charge is -2.29. The highest BCUT2D eigenvalue weighted by Gasteiger charge is 2.37. The Morgan fingerprint density at radius 1 is 0.650 bits per heavy atom. The second-order valence-corrected chi connectivity index (χ2v) is 22.3. The standard InChI is InChI=1S/C58H69N11O9S2/c1-34(70)50-58(78)68-49(56(76)64-45(51(61)71)29-37-23-24-38-18-8-9-19-39(38)26-37)33-80-79-32-48(67-52(72)42(60)27-35-14-4-2-5-15-35)57(77)65-46(28-36-16-6-3-7-17-36)54(74)66-47(30-40-31-62-43-21-11-10-20-41(40)43)55(75)63-44(53(73)69-50)22-12-13-25-59/h2-11,14-21,23-24,26,31,34,42,44-50,62,70H,12-13,22,25,27-30,32-33,59-60H2,1H3,(H2,61,71)(H,63,75)(H,64,76)(H,65,77)(H,66,74)(H,67,72)(H,68,78)(H,69,73)/t34-,42-,44+,45+,46+,47-,48+,49+,50+/m1/s1. The van der Waals surface area contributed by atoms with Crippen LogP contribution in [0.15, 0.2) is 134 Å². The summed E-state index contributed by atoms with van der Waals surface area (Å²) in [7, 11) is 2.07. The molecule has 0 aliphatic carbocycles. The van der Waals surface area contributed by atoms with E-state index in [1.165, 1.54) is 6.92 Å². The van der Waals surface area contributed by atoms with E-state index in [0.29, 0.717) is 29.5 Å². The summed E-state index contributed by atoms with van der Waals surface area (Å²) in [5.41, 5.74) is 21.7. The van der Waals surface area contributed by atoms with Gasteiger partial charge in [0.25, 0.3) is 0 Å². The number of aliphatic hydroxyl groups is 1. The summed E-state index contributed by atoms with van der Waals surface area (Å²) in [6.45, 7) is 1.53. The first-order valence-corrected chi connectivity index (χ1v) is 29.0. The molecule has 15 N–H and O–H groups in total. The molecule has 0 saturated carbocycles. The number of aliphatic hydroxyl groups excluding tert-OH is 1. The van der Waals surface area contributed by atoms with Gasteiger partial charge in [-0.25, -0.2) is 0 Å². The number of carbonyl (C=O) groups excluding carboxylic acids is 8. The van der Waals surface area contributed by atoms with Crippen LogP contribution in [0.25, 0.3) is 21.7 Å². The summed E-state index contributed by atoms with van der Waals surface area (Å²) in [4.78, 5) is 118. The maximum atomic E-state index is 14.9. The molecule has 2 heterocycles. The smallest absolute Gasteiger partial charge is 0.245 e. The van der Waals surface area contributed by atoms with E-state index in [1.807, 2.05) is 78.9 Å². The molecular formula is C58H69N11O9S2. The van der Waals surface area contributed by atoms with Gasteiger partial charge in [-0.2, -0.15) is 0 Å². The van der Waals surface area contributed by atoms with Gasteiger partial charge in [0.05, 0.1) is 12.1 Å². The lowest BCUT2D eigenvalue weighted by atomic mass is 10.0. The number of nitrogens with two attached hydrogens (primary N) is 3. The minimum absolute atomic E-state index is 0.00703. The number of benzene rings is 5. The molecule has 80 heavy (non-hydrogen) atoms. The third kappa shape index (κ3) is 17.1. The van der Waals surface area contributed by atoms with Crippen LogP contribution >= 0.6 is 21.6 Å². The Hall–Kier alpha value is -7.76. The van der Waals surface area contributed by atoms with Gasteiger partial charge in [0.2, 0.25) is 47.3 Å². The average molecular weight is 1130 g/mol. The number of fused-ring (bicyclic) bond motifs is 2. The van der Waals surface area contributed by atoms with E-state index in [0.717, 1.165) is 48.8 Å². The molecule has 1 aliphatic heterocycles. The lowest BCUT2D eigenvalue weighted by molar-refractivity contribution is -0.136. The van der Waals surface area contributed by atoms with Gasteiger partial charge in [-0.05, 0) is 78.2 Å². The van der Waals surface area contributed by atoms with Crippen molar-refractivity contribution in [2.75, 3.05) is 18.1 Å². The van der Waals surface area contributed by atoms with E-state index in [1.54, 1.807) is 54.7 Å². The molecule has 20 nitrogen and oxygen atoms in total. The highest BCUT2D eigenvalue weighted by Crippen LogP contribution is 2.25. The predicted octanol–water partition coefficient (Wildman–Crippen LogP) is 1.70. The number of unbranched alkanes of at least 4 members (excludes halogenated alkanes) is 1. The van der Waals surface area contributed by atoms with E-state index in [-0.39, 0.29) is 50.2 Å². The van der Waals surface area contributed by atoms with Crippen LogP contribution in [0.4, 0.5) is 0 Å². The fourth-order valence-corrected chi connectivity index (χ4v) is 11.5. The zero-order valence-corrected chi connectivity index (χ0v) is 45.9. The van der Waals surface area contributed by atoms with Crippen molar-refractivity contribution in [1.29, 1.82) is 0 Å². The molecule has 5 aromatic carbocycles. The third-order valence-electron chi connectivity index (χ3n) is 13.7. The number of aromatic nitrogens is 1. The number of carbonyl (C=O) groups is 8. The monoisotopic (exact) mass is 1130 g/mol. The predicted molar refractivity (Wildman–Crippen MR) is 310 cm³/mol. The number of hydrogen-bond acceptors (Lipinski definition) is 13. The molecule has 422 valence electrons. The van der Waals surface area contributed by atoms with E-state index in [2.05, 4.69) is 42.2 Å². The molecule has 0 spiro atoms. The van der Waals surface area contributed by atoms with Crippen molar-refractivity contribution in [2.24, 2.45) is 17.2 Å². The van der Waals surface area contributed by atoms with Gasteiger partial charge in [0.1, 0.15) is 42.3 Å². The second kappa shape index (κ2) is 29.5. The number of nitrogens with one attached hydrogen (secondary N) is 8. The molecule has 9 atom stereocenters. The molecule has 6 aromatic rings. The molecular weight excluding hydrogens is 1060 g/mol. The SMILES string of the molecule is C[C@@H](O)[C@@H]1NC(=O)[C@H](CCCCN)NC(=O)[C@@H](Cc2c[nH]c3ccccc23)NC(=O)[C@H](Cc2ccccc2)NC(=O)[C@@H](NC(=O)[C@H](N)Cc2ccccc2)CSSC[C@@H](C(=O)N[C@@H](Cc2ccc3ccccc3c2)C(N)=O)NC1=O. The van der Waals surface area contributed by atoms with Crippen LogP contribution in [0.5, 0.6) is 0 Å². The first-order chi connectivity index (χ1) is 38.6. The summed E-state index contributed by atoms with van der Waals surface area (Å²) in [6, 6.07) is 27.5. The Morgan fingerprint density at radius 2 is 1.26 bits per heavy atom. The number of rotatable bonds is 18. The zero-order chi connectivity index (χ0) is 57.1. The molecule has 1 aliphatic rings. The summed E-state index contributed by atoms with van der Waals surface area (Å²) in [5.74, 6) is -6.94. The first-order valence-electron chi connectivity index (χ1n) is 26.5. The number of primary amides is 1. The van der Waals surface area contributed by atoms with Crippen molar-refractivity contribution in [2.45, 2.75) is 106 Å². The lowest BCUT2D eigenvalue weighted by Crippen LogP contribution is -2.62. The van der Waals surface area contributed by atoms with E-state index in [9.17, 15) is 43.5 Å². The largest absolute Gasteiger partial charge is 0.391 e. The summed E-state index contributed by atoms with van der Waals surface area (Å²) in [5, 5.41) is 32.9. The van der Waals surface area contributed by atoms with E-state index < -0.39 is 102 Å². The Labute approximate surface area is 471 Å². The molecule has 8 amide bonds. The van der Waals surface area contributed by atoms with Gasteiger partial charge in [-0.15, -0.1) is 0 Å².